The van der Waals surface area contributed by atoms with E-state index in [4.69, 9.17) is 9.47 Å². The number of pyridine rings is 1. The fraction of sp³-hybridized carbons (Fsp3) is 0.478. The van der Waals surface area contributed by atoms with E-state index >= 15 is 0 Å². The molecule has 1 aromatic heterocycles. The molecule has 2 fully saturated rings. The van der Waals surface area contributed by atoms with Gasteiger partial charge in [0.15, 0.2) is 0 Å². The molecule has 2 aromatic rings. The van der Waals surface area contributed by atoms with Crippen molar-refractivity contribution in [3.8, 4) is 5.75 Å². The average Bonchev–Trinajstić information content (AvgIpc) is 2.84. The van der Waals surface area contributed by atoms with Crippen LogP contribution in [0.2, 0.25) is 0 Å². The van der Waals surface area contributed by atoms with Gasteiger partial charge in [-0.05, 0) is 38.1 Å². The monoisotopic (exact) mass is 489 g/mol. The number of anilines is 2. The number of carbonyl (C=O) groups excluding carboxylic acids is 1. The molecule has 1 aromatic carbocycles. The second kappa shape index (κ2) is 10.3. The molecule has 3 heterocycles. The van der Waals surface area contributed by atoms with Crippen LogP contribution in [0.15, 0.2) is 42.6 Å². The molecule has 2 unspecified atom stereocenters. The molecule has 1 amide bonds. The van der Waals surface area contributed by atoms with E-state index in [0.717, 1.165) is 0 Å². The predicted molar refractivity (Wildman–Crippen MR) is 128 cm³/mol. The van der Waals surface area contributed by atoms with Crippen LogP contribution in [0, 0.1) is 0 Å². The van der Waals surface area contributed by atoms with Gasteiger partial charge in [0.05, 0.1) is 30.6 Å². The summed E-state index contributed by atoms with van der Waals surface area (Å²) in [6.45, 7) is 5.50. The van der Waals surface area contributed by atoms with E-state index in [2.05, 4.69) is 10.3 Å². The Bertz CT molecular complexity index is 1110. The third-order valence-corrected chi connectivity index (χ3v) is 7.93. The van der Waals surface area contributed by atoms with Gasteiger partial charge in [0.25, 0.3) is 16.1 Å². The number of carbonyl (C=O) groups is 1. The SMILES string of the molecule is COc1ccccc1Nc1ncccc1C(=O)N1CCN(S(=O)(=O)N2CC(C)OC(C)C2)CC1. The Morgan fingerprint density at radius 2 is 1.71 bits per heavy atom. The maximum atomic E-state index is 13.3. The predicted octanol–water partition coefficient (Wildman–Crippen LogP) is 1.95. The highest BCUT2D eigenvalue weighted by atomic mass is 32.2. The molecule has 4 rings (SSSR count). The Balaban J connectivity index is 1.44. The lowest BCUT2D eigenvalue weighted by molar-refractivity contribution is -0.0457. The number of aromatic nitrogens is 1. The quantitative estimate of drug-likeness (QED) is 0.661. The molecule has 2 aliphatic rings. The van der Waals surface area contributed by atoms with Gasteiger partial charge in [0.2, 0.25) is 0 Å². The number of rotatable bonds is 6. The van der Waals surface area contributed by atoms with Crippen molar-refractivity contribution in [2.45, 2.75) is 26.1 Å². The molecule has 0 aliphatic carbocycles. The Labute approximate surface area is 200 Å². The number of para-hydroxylation sites is 2. The van der Waals surface area contributed by atoms with E-state index in [1.165, 1.54) is 8.61 Å². The summed E-state index contributed by atoms with van der Waals surface area (Å²) in [6.07, 6.45) is 1.31. The largest absolute Gasteiger partial charge is 0.495 e. The number of amides is 1. The highest BCUT2D eigenvalue weighted by molar-refractivity contribution is 7.86. The number of ether oxygens (including phenoxy) is 2. The van der Waals surface area contributed by atoms with E-state index in [9.17, 15) is 13.2 Å². The summed E-state index contributed by atoms with van der Waals surface area (Å²) in [5.41, 5.74) is 1.11. The van der Waals surface area contributed by atoms with Gasteiger partial charge in [-0.15, -0.1) is 0 Å². The Morgan fingerprint density at radius 1 is 1.03 bits per heavy atom. The summed E-state index contributed by atoms with van der Waals surface area (Å²) in [7, 11) is -2.03. The molecule has 34 heavy (non-hydrogen) atoms. The van der Waals surface area contributed by atoms with Gasteiger partial charge in [-0.25, -0.2) is 4.98 Å². The molecule has 0 saturated carbocycles. The number of nitrogens with one attached hydrogen (secondary N) is 1. The van der Waals surface area contributed by atoms with Crippen molar-refractivity contribution in [3.63, 3.8) is 0 Å². The summed E-state index contributed by atoms with van der Waals surface area (Å²) < 4.78 is 40.3. The van der Waals surface area contributed by atoms with Crippen LogP contribution in [0.1, 0.15) is 24.2 Å². The van der Waals surface area contributed by atoms with Crippen LogP contribution in [0.25, 0.3) is 0 Å². The lowest BCUT2D eigenvalue weighted by atomic mass is 10.2. The van der Waals surface area contributed by atoms with Crippen molar-refractivity contribution in [1.82, 2.24) is 18.5 Å². The zero-order chi connectivity index (χ0) is 24.3. The first-order valence-electron chi connectivity index (χ1n) is 11.3. The molecule has 2 saturated heterocycles. The lowest BCUT2D eigenvalue weighted by Crippen LogP contribution is -2.57. The van der Waals surface area contributed by atoms with Crippen LogP contribution >= 0.6 is 0 Å². The van der Waals surface area contributed by atoms with Crippen molar-refractivity contribution in [3.05, 3.63) is 48.2 Å². The summed E-state index contributed by atoms with van der Waals surface area (Å²) in [6, 6.07) is 10.8. The minimum Gasteiger partial charge on any atom is -0.495 e. The topological polar surface area (TPSA) is 104 Å². The average molecular weight is 490 g/mol. The van der Waals surface area contributed by atoms with Crippen LogP contribution in [-0.2, 0) is 14.9 Å². The molecule has 10 nitrogen and oxygen atoms in total. The van der Waals surface area contributed by atoms with Crippen molar-refractivity contribution in [2.24, 2.45) is 0 Å². The van der Waals surface area contributed by atoms with E-state index in [1.807, 2.05) is 38.1 Å². The maximum Gasteiger partial charge on any atom is 0.282 e. The standard InChI is InChI=1S/C23H31N5O5S/c1-17-15-28(16-18(2)33-17)34(30,31)27-13-11-26(12-14-27)23(29)19-7-6-10-24-22(19)25-20-8-4-5-9-21(20)32-3/h4-10,17-18H,11-16H2,1-3H3,(H,24,25). The van der Waals surface area contributed by atoms with Gasteiger partial charge in [-0.1, -0.05) is 12.1 Å². The smallest absolute Gasteiger partial charge is 0.282 e. The Kier molecular flexibility index (Phi) is 7.36. The lowest BCUT2D eigenvalue weighted by Gasteiger charge is -2.40. The second-order valence-electron chi connectivity index (χ2n) is 8.50. The van der Waals surface area contributed by atoms with Gasteiger partial charge in [0, 0.05) is 45.5 Å². The van der Waals surface area contributed by atoms with E-state index < -0.39 is 10.2 Å². The third kappa shape index (κ3) is 5.17. The van der Waals surface area contributed by atoms with Gasteiger partial charge in [-0.3, -0.25) is 4.79 Å². The van der Waals surface area contributed by atoms with Crippen LogP contribution in [-0.4, -0.2) is 91.4 Å². The number of hydrogen-bond donors (Lipinski definition) is 1. The van der Waals surface area contributed by atoms with Gasteiger partial charge in [-0.2, -0.15) is 17.0 Å². The summed E-state index contributed by atoms with van der Waals surface area (Å²) in [5, 5.41) is 3.19. The second-order valence-corrected chi connectivity index (χ2v) is 10.4. The summed E-state index contributed by atoms with van der Waals surface area (Å²) in [4.78, 5) is 19.4. The summed E-state index contributed by atoms with van der Waals surface area (Å²) in [5.74, 6) is 0.858. The fourth-order valence-electron chi connectivity index (χ4n) is 4.33. The molecular weight excluding hydrogens is 458 g/mol. The number of hydrogen-bond acceptors (Lipinski definition) is 7. The highest BCUT2D eigenvalue weighted by Crippen LogP contribution is 2.28. The van der Waals surface area contributed by atoms with Crippen LogP contribution in [0.4, 0.5) is 11.5 Å². The first-order chi connectivity index (χ1) is 16.3. The highest BCUT2D eigenvalue weighted by Gasteiger charge is 2.37. The molecule has 184 valence electrons. The molecule has 2 atom stereocenters. The van der Waals surface area contributed by atoms with Crippen molar-refractivity contribution in [1.29, 1.82) is 0 Å². The molecule has 0 radical (unpaired) electrons. The summed E-state index contributed by atoms with van der Waals surface area (Å²) >= 11 is 0. The van der Waals surface area contributed by atoms with Crippen LogP contribution < -0.4 is 10.1 Å². The molecule has 0 spiro atoms. The third-order valence-electron chi connectivity index (χ3n) is 5.96. The number of morpholine rings is 1. The minimum absolute atomic E-state index is 0.152. The van der Waals surface area contributed by atoms with Crippen molar-refractivity contribution < 1.29 is 22.7 Å². The first-order valence-corrected chi connectivity index (χ1v) is 12.7. The Morgan fingerprint density at radius 3 is 2.38 bits per heavy atom. The zero-order valence-corrected chi connectivity index (χ0v) is 20.5. The Hall–Kier alpha value is -2.73. The van der Waals surface area contributed by atoms with Crippen molar-refractivity contribution in [2.75, 3.05) is 51.7 Å². The van der Waals surface area contributed by atoms with Gasteiger partial charge in [0.1, 0.15) is 11.6 Å². The van der Waals surface area contributed by atoms with Gasteiger partial charge >= 0.3 is 0 Å². The number of methoxy groups -OCH3 is 1. The molecule has 2 aliphatic heterocycles. The van der Waals surface area contributed by atoms with Gasteiger partial charge < -0.3 is 19.7 Å². The molecule has 0 bridgehead atoms. The number of nitrogens with zero attached hydrogens (tertiary/aromatic N) is 4. The van der Waals surface area contributed by atoms with Crippen molar-refractivity contribution >= 4 is 27.6 Å². The number of benzene rings is 1. The molecule has 1 N–H and O–H groups in total. The fourth-order valence-corrected chi connectivity index (χ4v) is 6.08. The van der Waals surface area contributed by atoms with Crippen LogP contribution in [0.5, 0.6) is 5.75 Å². The zero-order valence-electron chi connectivity index (χ0n) is 19.7. The van der Waals surface area contributed by atoms with E-state index in [0.29, 0.717) is 49.0 Å². The number of piperazine rings is 1. The maximum absolute atomic E-state index is 13.3. The van der Waals surface area contributed by atoms with E-state index in [1.54, 1.807) is 30.3 Å². The van der Waals surface area contributed by atoms with Crippen LogP contribution in [0.3, 0.4) is 0 Å². The normalized spacial score (nSPS) is 22.4. The minimum atomic E-state index is -3.61. The van der Waals surface area contributed by atoms with E-state index in [-0.39, 0.29) is 31.2 Å². The molecule has 11 heteroatoms. The molecular formula is C23H31N5O5S. The first kappa shape index (κ1) is 24.4.